The molecule has 0 saturated carbocycles. The van der Waals surface area contributed by atoms with Gasteiger partial charge in [0.2, 0.25) is 0 Å². The van der Waals surface area contributed by atoms with Crippen LogP contribution >= 0.6 is 0 Å². The molecule has 42 heavy (non-hydrogen) atoms. The third-order valence-corrected chi connectivity index (χ3v) is 7.46. The Kier molecular flexibility index (Phi) is 10.3. The normalized spacial score (nSPS) is 16.7. The molecule has 0 bridgehead atoms. The number of hydrogen-bond donors (Lipinski definition) is 2. The molecule has 218 valence electrons. The minimum atomic E-state index is -0.128. The van der Waals surface area contributed by atoms with Crippen molar-refractivity contribution in [1.29, 1.82) is 0 Å². The van der Waals surface area contributed by atoms with Crippen molar-refractivity contribution in [3.05, 3.63) is 96.1 Å². The van der Waals surface area contributed by atoms with Crippen LogP contribution in [0.3, 0.4) is 0 Å². The monoisotopic (exact) mass is 566 g/mol. The molecule has 2 aliphatic heterocycles. The van der Waals surface area contributed by atoms with E-state index in [1.165, 1.54) is 11.4 Å². The summed E-state index contributed by atoms with van der Waals surface area (Å²) in [5.74, 6) is -0.256. The number of hydrogen-bond acceptors (Lipinski definition) is 8. The average Bonchev–Trinajstić information content (AvgIpc) is 3.03. The Labute approximate surface area is 247 Å². The predicted octanol–water partition coefficient (Wildman–Crippen LogP) is 2.23. The van der Waals surface area contributed by atoms with Crippen molar-refractivity contribution in [3.8, 4) is 0 Å². The van der Waals surface area contributed by atoms with Gasteiger partial charge in [-0.15, -0.1) is 0 Å². The second kappa shape index (κ2) is 14.9. The van der Waals surface area contributed by atoms with Crippen LogP contribution in [0, 0.1) is 0 Å². The molecule has 0 aliphatic carbocycles. The Morgan fingerprint density at radius 3 is 1.26 bits per heavy atom. The molecule has 10 nitrogen and oxygen atoms in total. The molecule has 0 aromatic heterocycles. The average molecular weight is 567 g/mol. The van der Waals surface area contributed by atoms with E-state index in [2.05, 4.69) is 64.9 Å². The van der Waals surface area contributed by atoms with E-state index < -0.39 is 0 Å². The molecular formula is C32H38N8O2. The van der Waals surface area contributed by atoms with Gasteiger partial charge in [0.1, 0.15) is 0 Å². The number of nitrogens with one attached hydrogen (secondary N) is 2. The zero-order valence-corrected chi connectivity index (χ0v) is 23.8. The number of para-hydroxylation sites is 2. The van der Waals surface area contributed by atoms with Gasteiger partial charge in [-0.05, 0) is 35.4 Å². The molecule has 2 heterocycles. The van der Waals surface area contributed by atoms with Gasteiger partial charge in [-0.2, -0.15) is 10.2 Å². The number of hydrazone groups is 2. The van der Waals surface area contributed by atoms with Crippen molar-refractivity contribution in [1.82, 2.24) is 20.7 Å². The van der Waals surface area contributed by atoms with Gasteiger partial charge in [-0.3, -0.25) is 19.4 Å². The van der Waals surface area contributed by atoms with Crippen LogP contribution in [0.1, 0.15) is 11.1 Å². The fraction of sp³-hybridized carbons (Fsp3) is 0.312. The first kappa shape index (κ1) is 29.0. The molecule has 2 aliphatic rings. The summed E-state index contributed by atoms with van der Waals surface area (Å²) in [6, 6.07) is 28.2. The second-order valence-electron chi connectivity index (χ2n) is 10.5. The molecule has 2 amide bonds. The Morgan fingerprint density at radius 1 is 0.548 bits per heavy atom. The highest BCUT2D eigenvalue weighted by Gasteiger charge is 2.20. The topological polar surface area (TPSA) is 95.9 Å². The van der Waals surface area contributed by atoms with E-state index in [1.807, 2.05) is 60.7 Å². The second-order valence-corrected chi connectivity index (χ2v) is 10.5. The van der Waals surface area contributed by atoms with E-state index >= 15 is 0 Å². The summed E-state index contributed by atoms with van der Waals surface area (Å²) in [6.45, 7) is 7.57. The minimum Gasteiger partial charge on any atom is -0.369 e. The van der Waals surface area contributed by atoms with E-state index in [4.69, 9.17) is 0 Å². The van der Waals surface area contributed by atoms with Gasteiger partial charge in [-0.1, -0.05) is 60.7 Å². The number of nitrogens with zero attached hydrogens (tertiary/aromatic N) is 6. The zero-order chi connectivity index (χ0) is 29.0. The van der Waals surface area contributed by atoms with Gasteiger partial charge in [0, 0.05) is 63.7 Å². The highest BCUT2D eigenvalue weighted by Crippen LogP contribution is 2.16. The third-order valence-electron chi connectivity index (χ3n) is 7.46. The summed E-state index contributed by atoms with van der Waals surface area (Å²) in [6.07, 6.45) is 3.23. The number of amides is 2. The van der Waals surface area contributed by atoms with Crippen LogP contribution in [0.4, 0.5) is 11.4 Å². The highest BCUT2D eigenvalue weighted by molar-refractivity contribution is 5.86. The minimum absolute atomic E-state index is 0.128. The number of carbonyl (C=O) groups excluding carboxylic acids is 2. The molecule has 3 aromatic rings. The van der Waals surface area contributed by atoms with Gasteiger partial charge >= 0.3 is 0 Å². The lowest BCUT2D eigenvalue weighted by atomic mass is 10.2. The maximum absolute atomic E-state index is 12.3. The summed E-state index contributed by atoms with van der Waals surface area (Å²) >= 11 is 0. The van der Waals surface area contributed by atoms with Gasteiger partial charge in [-0.25, -0.2) is 10.9 Å². The predicted molar refractivity (Wildman–Crippen MR) is 168 cm³/mol. The largest absolute Gasteiger partial charge is 0.369 e. The summed E-state index contributed by atoms with van der Waals surface area (Å²) in [4.78, 5) is 33.6. The Hall–Kier alpha value is -4.54. The number of carbonyl (C=O) groups is 2. The number of anilines is 2. The lowest BCUT2D eigenvalue weighted by Gasteiger charge is -2.35. The lowest BCUT2D eigenvalue weighted by Crippen LogP contribution is -2.49. The quantitative estimate of drug-likeness (QED) is 0.289. The number of rotatable bonds is 10. The summed E-state index contributed by atoms with van der Waals surface area (Å²) in [5, 5.41) is 8.20. The fourth-order valence-corrected chi connectivity index (χ4v) is 5.11. The SMILES string of the molecule is O=C(CN1CCN(c2ccccc2)CC1)N/N=C/c1ccc(/C=N/NC(=O)CN2CCN(c3ccccc3)CC2)cc1. The van der Waals surface area contributed by atoms with E-state index in [0.717, 1.165) is 63.5 Å². The van der Waals surface area contributed by atoms with Crippen molar-refractivity contribution in [2.24, 2.45) is 10.2 Å². The van der Waals surface area contributed by atoms with Gasteiger partial charge in [0.15, 0.2) is 0 Å². The summed E-state index contributed by atoms with van der Waals surface area (Å²) in [7, 11) is 0. The smallest absolute Gasteiger partial charge is 0.254 e. The van der Waals surface area contributed by atoms with E-state index in [9.17, 15) is 9.59 Å². The summed E-state index contributed by atoms with van der Waals surface area (Å²) < 4.78 is 0. The van der Waals surface area contributed by atoms with Crippen LogP contribution in [0.25, 0.3) is 0 Å². The third kappa shape index (κ3) is 8.73. The van der Waals surface area contributed by atoms with Crippen molar-refractivity contribution >= 4 is 35.6 Å². The molecular weight excluding hydrogens is 528 g/mol. The maximum atomic E-state index is 12.3. The summed E-state index contributed by atoms with van der Waals surface area (Å²) in [5.41, 5.74) is 9.38. The van der Waals surface area contributed by atoms with Gasteiger partial charge in [0.05, 0.1) is 25.5 Å². The van der Waals surface area contributed by atoms with Crippen molar-refractivity contribution in [2.45, 2.75) is 0 Å². The van der Waals surface area contributed by atoms with Crippen LogP contribution in [0.5, 0.6) is 0 Å². The van der Waals surface area contributed by atoms with E-state index in [0.29, 0.717) is 13.1 Å². The molecule has 0 radical (unpaired) electrons. The molecule has 10 heteroatoms. The van der Waals surface area contributed by atoms with E-state index in [1.54, 1.807) is 12.4 Å². The molecule has 5 rings (SSSR count). The standard InChI is InChI=1S/C32H38N8O2/c41-31(25-37-15-19-39(20-16-37)29-7-3-1-4-8-29)35-33-23-27-11-13-28(14-12-27)24-34-36-32(42)26-38-17-21-40(22-18-38)30-9-5-2-6-10-30/h1-14,23-24H,15-22,25-26H2,(H,35,41)(H,36,42)/b33-23+,34-24+. The lowest BCUT2D eigenvalue weighted by molar-refractivity contribution is -0.123. The van der Waals surface area contributed by atoms with Gasteiger partial charge < -0.3 is 9.80 Å². The molecule has 0 spiro atoms. The first-order valence-electron chi connectivity index (χ1n) is 14.4. The Balaban J connectivity index is 0.966. The van der Waals surface area contributed by atoms with Crippen LogP contribution in [-0.2, 0) is 9.59 Å². The Bertz CT molecular complexity index is 1230. The molecule has 3 aromatic carbocycles. The van der Waals surface area contributed by atoms with Crippen LogP contribution in [0.2, 0.25) is 0 Å². The molecule has 0 atom stereocenters. The molecule has 2 fully saturated rings. The fourth-order valence-electron chi connectivity index (χ4n) is 5.11. The highest BCUT2D eigenvalue weighted by atomic mass is 16.2. The number of benzene rings is 3. The van der Waals surface area contributed by atoms with Gasteiger partial charge in [0.25, 0.3) is 11.8 Å². The van der Waals surface area contributed by atoms with Crippen molar-refractivity contribution in [2.75, 3.05) is 75.2 Å². The zero-order valence-electron chi connectivity index (χ0n) is 23.8. The maximum Gasteiger partial charge on any atom is 0.254 e. The van der Waals surface area contributed by atoms with E-state index in [-0.39, 0.29) is 11.8 Å². The van der Waals surface area contributed by atoms with Crippen LogP contribution in [0.15, 0.2) is 95.1 Å². The van der Waals surface area contributed by atoms with Crippen molar-refractivity contribution < 1.29 is 9.59 Å². The van der Waals surface area contributed by atoms with Crippen molar-refractivity contribution in [3.63, 3.8) is 0 Å². The van der Waals surface area contributed by atoms with Crippen LogP contribution < -0.4 is 20.7 Å². The van der Waals surface area contributed by atoms with Crippen LogP contribution in [-0.4, -0.2) is 99.5 Å². The first-order chi connectivity index (χ1) is 20.6. The molecule has 0 unspecified atom stereocenters. The number of piperazine rings is 2. The Morgan fingerprint density at radius 2 is 0.905 bits per heavy atom. The molecule has 2 saturated heterocycles. The first-order valence-corrected chi connectivity index (χ1v) is 14.4. The molecule has 2 N–H and O–H groups in total.